The Labute approximate surface area is 84.9 Å². The zero-order chi connectivity index (χ0) is 10.4. The van der Waals surface area contributed by atoms with Gasteiger partial charge in [0.1, 0.15) is 0 Å². The summed E-state index contributed by atoms with van der Waals surface area (Å²) in [4.78, 5) is 0. The van der Waals surface area contributed by atoms with Gasteiger partial charge in [-0.2, -0.15) is 5.26 Å². The summed E-state index contributed by atoms with van der Waals surface area (Å²) in [6, 6.07) is 9.73. The van der Waals surface area contributed by atoms with Crippen LogP contribution in [0.15, 0.2) is 29.8 Å². The first-order valence-electron chi connectivity index (χ1n) is 4.58. The normalized spacial score (nSPS) is 11.1. The predicted octanol–water partition coefficient (Wildman–Crippen LogP) is 2.18. The van der Waals surface area contributed by atoms with E-state index < -0.39 is 0 Å². The Hall–Kier alpha value is -1.59. The van der Waals surface area contributed by atoms with Crippen molar-refractivity contribution in [1.29, 1.82) is 5.26 Å². The van der Waals surface area contributed by atoms with Crippen LogP contribution < -0.4 is 5.32 Å². The van der Waals surface area contributed by atoms with Gasteiger partial charge < -0.3 is 5.32 Å². The SMILES string of the molecule is CNCC(C)=Cc1cccc(C#N)c1. The maximum Gasteiger partial charge on any atom is 0.0991 e. The number of nitrogens with zero attached hydrogens (tertiary/aromatic N) is 1. The Bertz CT molecular complexity index is 372. The number of hydrogen-bond acceptors (Lipinski definition) is 2. The molecule has 1 aromatic carbocycles. The second-order valence-electron chi connectivity index (χ2n) is 3.26. The molecule has 0 spiro atoms. The summed E-state index contributed by atoms with van der Waals surface area (Å²) in [5.41, 5.74) is 3.04. The fourth-order valence-corrected chi connectivity index (χ4v) is 1.31. The number of rotatable bonds is 3. The van der Waals surface area contributed by atoms with Crippen molar-refractivity contribution in [2.45, 2.75) is 6.92 Å². The van der Waals surface area contributed by atoms with Crippen molar-refractivity contribution >= 4 is 6.08 Å². The van der Waals surface area contributed by atoms with Crippen molar-refractivity contribution in [3.05, 3.63) is 41.0 Å². The molecule has 0 aliphatic rings. The van der Waals surface area contributed by atoms with Crippen molar-refractivity contribution in [2.75, 3.05) is 13.6 Å². The molecule has 0 unspecified atom stereocenters. The van der Waals surface area contributed by atoms with E-state index in [1.165, 1.54) is 5.57 Å². The first-order valence-corrected chi connectivity index (χ1v) is 4.58. The Morgan fingerprint density at radius 2 is 2.36 bits per heavy atom. The molecular weight excluding hydrogens is 172 g/mol. The molecule has 2 nitrogen and oxygen atoms in total. The van der Waals surface area contributed by atoms with Gasteiger partial charge in [0.15, 0.2) is 0 Å². The molecular formula is C12H14N2. The van der Waals surface area contributed by atoms with Crippen molar-refractivity contribution in [2.24, 2.45) is 0 Å². The maximum atomic E-state index is 8.72. The molecule has 0 atom stereocenters. The molecule has 0 aliphatic carbocycles. The van der Waals surface area contributed by atoms with Gasteiger partial charge in [-0.1, -0.05) is 23.8 Å². The first-order chi connectivity index (χ1) is 6.76. The van der Waals surface area contributed by atoms with E-state index >= 15 is 0 Å². The molecule has 0 amide bonds. The van der Waals surface area contributed by atoms with Crippen LogP contribution in [0.4, 0.5) is 0 Å². The van der Waals surface area contributed by atoms with Gasteiger partial charge in [-0.3, -0.25) is 0 Å². The number of nitrogens with one attached hydrogen (secondary N) is 1. The lowest BCUT2D eigenvalue weighted by Gasteiger charge is -2.00. The van der Waals surface area contributed by atoms with Crippen LogP contribution in [0.5, 0.6) is 0 Å². The zero-order valence-electron chi connectivity index (χ0n) is 8.54. The van der Waals surface area contributed by atoms with Crippen LogP contribution in [-0.2, 0) is 0 Å². The van der Waals surface area contributed by atoms with Crippen LogP contribution in [0.3, 0.4) is 0 Å². The van der Waals surface area contributed by atoms with Crippen molar-refractivity contribution in [1.82, 2.24) is 5.32 Å². The molecule has 0 saturated heterocycles. The van der Waals surface area contributed by atoms with Crippen molar-refractivity contribution in [3.8, 4) is 6.07 Å². The molecule has 1 N–H and O–H groups in total. The quantitative estimate of drug-likeness (QED) is 0.785. The second kappa shape index (κ2) is 5.21. The second-order valence-corrected chi connectivity index (χ2v) is 3.26. The minimum Gasteiger partial charge on any atom is -0.316 e. The lowest BCUT2D eigenvalue weighted by molar-refractivity contribution is 0.884. The zero-order valence-corrected chi connectivity index (χ0v) is 8.54. The summed E-state index contributed by atoms with van der Waals surface area (Å²) in [6.45, 7) is 2.94. The topological polar surface area (TPSA) is 35.8 Å². The molecule has 1 aromatic rings. The van der Waals surface area contributed by atoms with Crippen LogP contribution in [0.1, 0.15) is 18.1 Å². The van der Waals surface area contributed by atoms with Gasteiger partial charge in [0, 0.05) is 6.54 Å². The third-order valence-electron chi connectivity index (χ3n) is 1.88. The number of likely N-dealkylation sites (N-methyl/N-ethyl adjacent to an activating group) is 1. The summed E-state index contributed by atoms with van der Waals surface area (Å²) in [6.07, 6.45) is 2.08. The van der Waals surface area contributed by atoms with E-state index in [0.717, 1.165) is 12.1 Å². The third kappa shape index (κ3) is 3.04. The van der Waals surface area contributed by atoms with Crippen molar-refractivity contribution in [3.63, 3.8) is 0 Å². The van der Waals surface area contributed by atoms with Gasteiger partial charge in [0.05, 0.1) is 11.6 Å². The lowest BCUT2D eigenvalue weighted by atomic mass is 10.1. The summed E-state index contributed by atoms with van der Waals surface area (Å²) in [7, 11) is 1.92. The van der Waals surface area contributed by atoms with E-state index in [9.17, 15) is 0 Å². The molecule has 0 saturated carbocycles. The lowest BCUT2D eigenvalue weighted by Crippen LogP contribution is -2.08. The molecule has 0 aromatic heterocycles. The van der Waals surface area contributed by atoms with Crippen LogP contribution >= 0.6 is 0 Å². The Morgan fingerprint density at radius 3 is 3.00 bits per heavy atom. The fourth-order valence-electron chi connectivity index (χ4n) is 1.31. The molecule has 14 heavy (non-hydrogen) atoms. The highest BCUT2D eigenvalue weighted by Crippen LogP contribution is 2.08. The minimum absolute atomic E-state index is 0.705. The van der Waals surface area contributed by atoms with Gasteiger partial charge in [0.25, 0.3) is 0 Å². The smallest absolute Gasteiger partial charge is 0.0991 e. The average Bonchev–Trinajstić information content (AvgIpc) is 2.18. The van der Waals surface area contributed by atoms with Crippen LogP contribution in [0, 0.1) is 11.3 Å². The van der Waals surface area contributed by atoms with Gasteiger partial charge >= 0.3 is 0 Å². The Kier molecular flexibility index (Phi) is 3.90. The number of nitriles is 1. The first kappa shape index (κ1) is 10.5. The highest BCUT2D eigenvalue weighted by atomic mass is 14.8. The van der Waals surface area contributed by atoms with E-state index in [0.29, 0.717) is 5.56 Å². The fraction of sp³-hybridized carbons (Fsp3) is 0.250. The highest BCUT2D eigenvalue weighted by molar-refractivity contribution is 5.55. The largest absolute Gasteiger partial charge is 0.316 e. The van der Waals surface area contributed by atoms with Gasteiger partial charge in [0.2, 0.25) is 0 Å². The number of benzene rings is 1. The molecule has 1 rings (SSSR count). The maximum absolute atomic E-state index is 8.72. The predicted molar refractivity (Wildman–Crippen MR) is 58.7 cm³/mol. The monoisotopic (exact) mass is 186 g/mol. The minimum atomic E-state index is 0.705. The van der Waals surface area contributed by atoms with Gasteiger partial charge in [-0.25, -0.2) is 0 Å². The molecule has 0 aliphatic heterocycles. The summed E-state index contributed by atoms with van der Waals surface area (Å²) >= 11 is 0. The van der Waals surface area contributed by atoms with Crippen LogP contribution in [0.2, 0.25) is 0 Å². The van der Waals surface area contributed by atoms with E-state index in [2.05, 4.69) is 24.4 Å². The molecule has 0 bridgehead atoms. The molecule has 0 radical (unpaired) electrons. The molecule has 2 heteroatoms. The van der Waals surface area contributed by atoms with E-state index in [-0.39, 0.29) is 0 Å². The van der Waals surface area contributed by atoms with Crippen LogP contribution in [-0.4, -0.2) is 13.6 Å². The Morgan fingerprint density at radius 1 is 1.57 bits per heavy atom. The summed E-state index contributed by atoms with van der Waals surface area (Å²) < 4.78 is 0. The van der Waals surface area contributed by atoms with Gasteiger partial charge in [-0.05, 0) is 31.7 Å². The highest BCUT2D eigenvalue weighted by Gasteiger charge is 1.92. The van der Waals surface area contributed by atoms with E-state index in [1.807, 2.05) is 31.3 Å². The molecule has 0 heterocycles. The van der Waals surface area contributed by atoms with Gasteiger partial charge in [-0.15, -0.1) is 0 Å². The van der Waals surface area contributed by atoms with Crippen LogP contribution in [0.25, 0.3) is 6.08 Å². The van der Waals surface area contributed by atoms with E-state index in [1.54, 1.807) is 0 Å². The average molecular weight is 186 g/mol. The summed E-state index contributed by atoms with van der Waals surface area (Å²) in [5, 5.41) is 11.8. The number of hydrogen-bond donors (Lipinski definition) is 1. The molecule has 72 valence electrons. The molecule has 0 fully saturated rings. The van der Waals surface area contributed by atoms with Crippen molar-refractivity contribution < 1.29 is 0 Å². The standard InChI is InChI=1S/C12H14N2/c1-10(9-14-2)6-11-4-3-5-12(7-11)8-13/h3-7,14H,9H2,1-2H3. The van der Waals surface area contributed by atoms with E-state index in [4.69, 9.17) is 5.26 Å². The third-order valence-corrected chi connectivity index (χ3v) is 1.88. The summed E-state index contributed by atoms with van der Waals surface area (Å²) in [5.74, 6) is 0. The Balaban J connectivity index is 2.87.